The number of rotatable bonds is 0. The van der Waals surface area contributed by atoms with Gasteiger partial charge in [0.1, 0.15) is 0 Å². The van der Waals surface area contributed by atoms with Gasteiger partial charge in [-0.25, -0.2) is 0 Å². The van der Waals surface area contributed by atoms with E-state index in [4.69, 9.17) is 0 Å². The van der Waals surface area contributed by atoms with Gasteiger partial charge in [-0.2, -0.15) is 0 Å². The molecule has 4 aliphatic rings. The van der Waals surface area contributed by atoms with Crippen molar-refractivity contribution in [2.24, 2.45) is 13.0 Å². The summed E-state index contributed by atoms with van der Waals surface area (Å²) >= 11 is 0. The molecule has 3 heteroatoms. The normalized spacial score (nSPS) is 25.1. The van der Waals surface area contributed by atoms with Gasteiger partial charge >= 0.3 is 0 Å². The summed E-state index contributed by atoms with van der Waals surface area (Å²) in [6, 6.07) is 6.08. The second-order valence-corrected chi connectivity index (χ2v) is 7.34. The van der Waals surface area contributed by atoms with Crippen molar-refractivity contribution >= 4 is 10.8 Å². The highest BCUT2D eigenvalue weighted by Crippen LogP contribution is 2.27. The number of hydrogen-bond donors (Lipinski definition) is 0. The first-order chi connectivity index (χ1) is 11.2. The Balaban J connectivity index is 0.000000142. The maximum Gasteiger partial charge on any atom is 0.258 e. The lowest BCUT2D eigenvalue weighted by atomic mass is 9.89. The Kier molecular flexibility index (Phi) is 3.98. The van der Waals surface area contributed by atoms with Gasteiger partial charge < -0.3 is 9.47 Å². The average Bonchev–Trinajstić information content (AvgIpc) is 2.62. The maximum atomic E-state index is 11.9. The minimum Gasteiger partial charge on any atom is -0.318 e. The number of hydrogen-bond acceptors (Lipinski definition) is 2. The van der Waals surface area contributed by atoms with Crippen LogP contribution in [0.2, 0.25) is 0 Å². The van der Waals surface area contributed by atoms with Gasteiger partial charge in [0.25, 0.3) is 5.56 Å². The van der Waals surface area contributed by atoms with Crippen LogP contribution >= 0.6 is 0 Å². The first-order valence-electron chi connectivity index (χ1n) is 9.05. The highest BCUT2D eigenvalue weighted by atomic mass is 16.1. The van der Waals surface area contributed by atoms with Crippen molar-refractivity contribution < 1.29 is 0 Å². The maximum absolute atomic E-state index is 11.9. The first-order valence-corrected chi connectivity index (χ1v) is 9.05. The molecule has 3 nitrogen and oxygen atoms in total. The van der Waals surface area contributed by atoms with Crippen molar-refractivity contribution in [2.75, 3.05) is 19.6 Å². The molecule has 3 saturated heterocycles. The van der Waals surface area contributed by atoms with E-state index in [1.54, 1.807) is 4.57 Å². The van der Waals surface area contributed by atoms with Crippen molar-refractivity contribution in [2.45, 2.75) is 38.5 Å². The summed E-state index contributed by atoms with van der Waals surface area (Å²) < 4.78 is 1.70. The summed E-state index contributed by atoms with van der Waals surface area (Å²) in [6.45, 7) is 4.18. The van der Waals surface area contributed by atoms with Crippen LogP contribution in [0.25, 0.3) is 10.8 Å². The van der Waals surface area contributed by atoms with Crippen LogP contribution in [-0.2, 0) is 19.9 Å². The molecule has 6 rings (SSSR count). The van der Waals surface area contributed by atoms with Gasteiger partial charge in [-0.05, 0) is 86.7 Å². The Hall–Kier alpha value is -1.61. The zero-order valence-corrected chi connectivity index (χ0v) is 14.1. The van der Waals surface area contributed by atoms with Crippen LogP contribution in [0.3, 0.4) is 0 Å². The zero-order chi connectivity index (χ0) is 15.8. The molecule has 2 bridgehead atoms. The lowest BCUT2D eigenvalue weighted by Gasteiger charge is -2.38. The summed E-state index contributed by atoms with van der Waals surface area (Å²) in [5, 5.41) is 2.10. The minimum absolute atomic E-state index is 0.123. The molecule has 1 aliphatic carbocycles. The smallest absolute Gasteiger partial charge is 0.258 e. The fourth-order valence-electron chi connectivity index (χ4n) is 4.44. The lowest BCUT2D eigenvalue weighted by Crippen LogP contribution is -2.41. The largest absolute Gasteiger partial charge is 0.318 e. The second-order valence-electron chi connectivity index (χ2n) is 7.34. The van der Waals surface area contributed by atoms with Gasteiger partial charge in [0, 0.05) is 18.6 Å². The molecule has 3 aliphatic heterocycles. The number of benzene rings is 1. The molecular weight excluding hydrogens is 284 g/mol. The molecule has 1 aromatic heterocycles. The Bertz CT molecular complexity index is 746. The van der Waals surface area contributed by atoms with Crippen LogP contribution in [0.5, 0.6) is 0 Å². The van der Waals surface area contributed by atoms with Gasteiger partial charge in [-0.3, -0.25) is 4.79 Å². The van der Waals surface area contributed by atoms with E-state index in [9.17, 15) is 4.79 Å². The highest BCUT2D eigenvalue weighted by Gasteiger charge is 2.24. The Morgan fingerprint density at radius 2 is 1.70 bits per heavy atom. The topological polar surface area (TPSA) is 25.2 Å². The number of aryl methyl sites for hydroxylation is 3. The molecular formula is C20H26N2O. The van der Waals surface area contributed by atoms with E-state index in [2.05, 4.69) is 11.0 Å². The Morgan fingerprint density at radius 1 is 1.00 bits per heavy atom. The lowest BCUT2D eigenvalue weighted by molar-refractivity contribution is 0.111. The van der Waals surface area contributed by atoms with Crippen molar-refractivity contribution in [3.63, 3.8) is 0 Å². The predicted molar refractivity (Wildman–Crippen MR) is 95.0 cm³/mol. The molecule has 0 unspecified atom stereocenters. The second kappa shape index (κ2) is 6.12. The molecule has 3 fully saturated rings. The van der Waals surface area contributed by atoms with Crippen LogP contribution in [0.1, 0.15) is 36.8 Å². The summed E-state index contributed by atoms with van der Waals surface area (Å²) in [5.41, 5.74) is 2.79. The summed E-state index contributed by atoms with van der Waals surface area (Å²) in [6.07, 6.45) is 9.86. The summed E-state index contributed by atoms with van der Waals surface area (Å²) in [5.74, 6) is 1.11. The first kappa shape index (κ1) is 14.9. The van der Waals surface area contributed by atoms with E-state index in [1.807, 2.05) is 25.4 Å². The number of piperidine rings is 3. The third kappa shape index (κ3) is 2.83. The summed E-state index contributed by atoms with van der Waals surface area (Å²) in [4.78, 5) is 14.5. The molecule has 0 spiro atoms. The molecule has 23 heavy (non-hydrogen) atoms. The van der Waals surface area contributed by atoms with Crippen molar-refractivity contribution in [1.29, 1.82) is 0 Å². The molecule has 0 amide bonds. The van der Waals surface area contributed by atoms with E-state index < -0.39 is 0 Å². The van der Waals surface area contributed by atoms with Crippen LogP contribution in [0.15, 0.2) is 29.2 Å². The van der Waals surface area contributed by atoms with Crippen LogP contribution < -0.4 is 5.56 Å². The third-order valence-corrected chi connectivity index (χ3v) is 5.83. The monoisotopic (exact) mass is 310 g/mol. The molecule has 0 N–H and O–H groups in total. The van der Waals surface area contributed by atoms with Gasteiger partial charge in [-0.1, -0.05) is 12.1 Å². The molecule has 4 heterocycles. The molecule has 2 aromatic rings. The van der Waals surface area contributed by atoms with E-state index in [0.717, 1.165) is 24.1 Å². The molecule has 122 valence electrons. The van der Waals surface area contributed by atoms with E-state index in [-0.39, 0.29) is 5.56 Å². The van der Waals surface area contributed by atoms with E-state index in [0.29, 0.717) is 0 Å². The Morgan fingerprint density at radius 3 is 2.30 bits per heavy atom. The SMILES string of the molecule is C1CN2CCC1CC2.Cn1cc2c3c(cccc3c1=O)CCC2. The van der Waals surface area contributed by atoms with Gasteiger partial charge in [0.05, 0.1) is 0 Å². The zero-order valence-electron chi connectivity index (χ0n) is 14.1. The minimum atomic E-state index is 0.123. The quantitative estimate of drug-likeness (QED) is 0.747. The fourth-order valence-corrected chi connectivity index (χ4v) is 4.44. The average molecular weight is 310 g/mol. The van der Waals surface area contributed by atoms with Gasteiger partial charge in [-0.15, -0.1) is 0 Å². The van der Waals surface area contributed by atoms with Gasteiger partial charge in [0.15, 0.2) is 0 Å². The van der Waals surface area contributed by atoms with Crippen molar-refractivity contribution in [3.05, 3.63) is 45.9 Å². The number of aromatic nitrogens is 1. The number of nitrogens with zero attached hydrogens (tertiary/aromatic N) is 2. The third-order valence-electron chi connectivity index (χ3n) is 5.83. The van der Waals surface area contributed by atoms with E-state index >= 15 is 0 Å². The number of pyridine rings is 1. The van der Waals surface area contributed by atoms with E-state index in [1.165, 1.54) is 61.8 Å². The van der Waals surface area contributed by atoms with Crippen molar-refractivity contribution in [3.8, 4) is 0 Å². The molecule has 0 saturated carbocycles. The van der Waals surface area contributed by atoms with Gasteiger partial charge in [0.2, 0.25) is 0 Å². The van der Waals surface area contributed by atoms with Crippen LogP contribution in [0.4, 0.5) is 0 Å². The molecule has 0 atom stereocenters. The van der Waals surface area contributed by atoms with Crippen molar-refractivity contribution in [1.82, 2.24) is 9.47 Å². The Labute approximate surface area is 137 Å². The standard InChI is InChI=1S/C13H13NO.C7H13N/c1-14-8-10-6-2-4-9-5-3-7-11(12(9)10)13(14)15;1-4-8-5-2-7(1)3-6-8/h3,5,7-8H,2,4,6H2,1H3;7H,1-6H2. The fraction of sp³-hybridized carbons (Fsp3) is 0.550. The highest BCUT2D eigenvalue weighted by molar-refractivity contribution is 5.88. The number of fused-ring (bicyclic) bond motifs is 3. The van der Waals surface area contributed by atoms with Crippen LogP contribution in [-0.4, -0.2) is 29.1 Å². The molecule has 0 radical (unpaired) electrons. The predicted octanol–water partition coefficient (Wildman–Crippen LogP) is 3.13. The molecule has 1 aromatic carbocycles. The van der Waals surface area contributed by atoms with Crippen LogP contribution in [0, 0.1) is 5.92 Å². The summed E-state index contributed by atoms with van der Waals surface area (Å²) in [7, 11) is 1.83.